The minimum absolute atomic E-state index is 0.0858. The Hall–Kier alpha value is -2.89. The van der Waals surface area contributed by atoms with Gasteiger partial charge in [-0.15, -0.1) is 0 Å². The van der Waals surface area contributed by atoms with Crippen molar-refractivity contribution in [1.82, 2.24) is 4.98 Å². The number of ether oxygens (including phenoxy) is 1. The van der Waals surface area contributed by atoms with Gasteiger partial charge in [0.2, 0.25) is 5.95 Å². The monoisotopic (exact) mass is 285 g/mol. The minimum Gasteiger partial charge on any atom is -0.463 e. The molecule has 0 saturated carbocycles. The molecular weight excluding hydrogens is 273 g/mol. The first-order valence-corrected chi connectivity index (χ1v) is 6.08. The summed E-state index contributed by atoms with van der Waals surface area (Å²) in [6.07, 6.45) is 2.49. The number of Topliss-reactive ketones (excluding diaryl/α,β-unsaturated/α-hetero) is 1. The van der Waals surface area contributed by atoms with Crippen LogP contribution < -0.4 is 4.74 Å². The molecule has 0 bridgehead atoms. The number of nitrogens with zero attached hydrogens (tertiary/aromatic N) is 2. The molecule has 1 N–H and O–H groups in total. The number of allylic oxidation sites excluding steroid dienone is 1. The van der Waals surface area contributed by atoms with Crippen molar-refractivity contribution in [1.29, 1.82) is 5.53 Å². The molecule has 5 nitrogen and oxygen atoms in total. The maximum Gasteiger partial charge on any atom is 0.220 e. The number of nitrogens with one attached hydrogen (secondary N) is 1. The van der Waals surface area contributed by atoms with Crippen LogP contribution in [0.2, 0.25) is 0 Å². The van der Waals surface area contributed by atoms with E-state index in [-0.39, 0.29) is 11.5 Å². The van der Waals surface area contributed by atoms with Crippen molar-refractivity contribution in [2.24, 2.45) is 5.11 Å². The SMILES string of the molecule is CC(=O)C(=COc1ccc(-c2cccnc2F)cc1)N=N. The zero-order chi connectivity index (χ0) is 15.2. The molecule has 0 aliphatic heterocycles. The number of halogens is 1. The molecule has 0 radical (unpaired) electrons. The molecule has 6 heteroatoms. The second-order valence-corrected chi connectivity index (χ2v) is 4.16. The molecular formula is C15H12FN3O2. The second-order valence-electron chi connectivity index (χ2n) is 4.16. The van der Waals surface area contributed by atoms with E-state index in [9.17, 15) is 9.18 Å². The number of aromatic nitrogens is 1. The molecule has 0 fully saturated rings. The second kappa shape index (κ2) is 6.51. The fourth-order valence-corrected chi connectivity index (χ4v) is 1.63. The van der Waals surface area contributed by atoms with E-state index < -0.39 is 5.95 Å². The van der Waals surface area contributed by atoms with E-state index in [2.05, 4.69) is 10.1 Å². The highest BCUT2D eigenvalue weighted by molar-refractivity contribution is 5.92. The van der Waals surface area contributed by atoms with E-state index in [4.69, 9.17) is 10.3 Å². The number of pyridine rings is 1. The number of hydrogen-bond acceptors (Lipinski definition) is 5. The maximum absolute atomic E-state index is 13.5. The zero-order valence-corrected chi connectivity index (χ0v) is 11.2. The molecule has 106 valence electrons. The summed E-state index contributed by atoms with van der Waals surface area (Å²) in [6, 6.07) is 9.88. The Morgan fingerprint density at radius 2 is 2.05 bits per heavy atom. The van der Waals surface area contributed by atoms with Gasteiger partial charge >= 0.3 is 0 Å². The van der Waals surface area contributed by atoms with Gasteiger partial charge in [0.1, 0.15) is 12.0 Å². The Bertz CT molecular complexity index is 696. The van der Waals surface area contributed by atoms with Crippen LogP contribution in [-0.2, 0) is 4.79 Å². The largest absolute Gasteiger partial charge is 0.463 e. The van der Waals surface area contributed by atoms with Gasteiger partial charge in [-0.1, -0.05) is 12.1 Å². The van der Waals surface area contributed by atoms with Gasteiger partial charge in [0.05, 0.1) is 0 Å². The third-order valence-corrected chi connectivity index (χ3v) is 2.71. The molecule has 2 aromatic rings. The van der Waals surface area contributed by atoms with E-state index in [0.717, 1.165) is 6.26 Å². The predicted octanol–water partition coefficient (Wildman–Crippen LogP) is 3.73. The number of ketones is 1. The molecule has 1 aromatic heterocycles. The summed E-state index contributed by atoms with van der Waals surface area (Å²) in [6.45, 7) is 1.29. The quantitative estimate of drug-likeness (QED) is 0.393. The van der Waals surface area contributed by atoms with Gasteiger partial charge < -0.3 is 4.74 Å². The smallest absolute Gasteiger partial charge is 0.220 e. The lowest BCUT2D eigenvalue weighted by atomic mass is 10.1. The van der Waals surface area contributed by atoms with E-state index in [1.165, 1.54) is 13.1 Å². The zero-order valence-electron chi connectivity index (χ0n) is 11.2. The Morgan fingerprint density at radius 1 is 1.33 bits per heavy atom. The van der Waals surface area contributed by atoms with Crippen LogP contribution in [-0.4, -0.2) is 10.8 Å². The molecule has 0 saturated heterocycles. The summed E-state index contributed by atoms with van der Waals surface area (Å²) in [5.41, 5.74) is 7.80. The maximum atomic E-state index is 13.5. The van der Waals surface area contributed by atoms with Gasteiger partial charge in [-0.2, -0.15) is 9.50 Å². The highest BCUT2D eigenvalue weighted by atomic mass is 19.1. The molecule has 0 amide bonds. The molecule has 1 aromatic carbocycles. The lowest BCUT2D eigenvalue weighted by molar-refractivity contribution is -0.113. The highest BCUT2D eigenvalue weighted by Gasteiger charge is 2.06. The summed E-state index contributed by atoms with van der Waals surface area (Å²) in [4.78, 5) is 14.7. The van der Waals surface area contributed by atoms with Crippen LogP contribution in [0.25, 0.3) is 11.1 Å². The van der Waals surface area contributed by atoms with Crippen molar-refractivity contribution in [2.75, 3.05) is 0 Å². The highest BCUT2D eigenvalue weighted by Crippen LogP contribution is 2.24. The first-order valence-electron chi connectivity index (χ1n) is 6.08. The van der Waals surface area contributed by atoms with Crippen LogP contribution in [0, 0.1) is 11.5 Å². The fourth-order valence-electron chi connectivity index (χ4n) is 1.63. The first kappa shape index (κ1) is 14.5. The van der Waals surface area contributed by atoms with Crippen LogP contribution in [0.1, 0.15) is 6.92 Å². The van der Waals surface area contributed by atoms with Crippen molar-refractivity contribution in [3.05, 3.63) is 60.5 Å². The Balaban J connectivity index is 2.18. The Labute approximate surface area is 120 Å². The minimum atomic E-state index is -0.544. The predicted molar refractivity (Wildman–Crippen MR) is 74.2 cm³/mol. The average molecular weight is 285 g/mol. The van der Waals surface area contributed by atoms with Gasteiger partial charge in [0.15, 0.2) is 11.5 Å². The van der Waals surface area contributed by atoms with E-state index in [1.54, 1.807) is 36.4 Å². The summed E-state index contributed by atoms with van der Waals surface area (Å²) >= 11 is 0. The molecule has 0 unspecified atom stereocenters. The standard InChI is InChI=1S/C15H12FN3O2/c1-10(20)14(19-17)9-21-12-6-4-11(5-7-12)13-3-2-8-18-15(13)16/h2-9,17H,1H3. The number of rotatable bonds is 5. The average Bonchev–Trinajstić information content (AvgIpc) is 2.49. The van der Waals surface area contributed by atoms with Crippen LogP contribution in [0.4, 0.5) is 4.39 Å². The van der Waals surface area contributed by atoms with Gasteiger partial charge in [0.25, 0.3) is 0 Å². The van der Waals surface area contributed by atoms with Gasteiger partial charge in [-0.3, -0.25) is 4.79 Å². The molecule has 21 heavy (non-hydrogen) atoms. The van der Waals surface area contributed by atoms with E-state index >= 15 is 0 Å². The lowest BCUT2D eigenvalue weighted by Gasteiger charge is -2.04. The molecule has 0 atom stereocenters. The van der Waals surface area contributed by atoms with E-state index in [1.807, 2.05) is 0 Å². The van der Waals surface area contributed by atoms with Crippen LogP contribution in [0.15, 0.2) is 59.7 Å². The number of hydrogen-bond donors (Lipinski definition) is 1. The number of benzene rings is 1. The Kier molecular flexibility index (Phi) is 4.50. The normalized spacial score (nSPS) is 11.0. The van der Waals surface area contributed by atoms with Crippen LogP contribution >= 0.6 is 0 Å². The fraction of sp³-hybridized carbons (Fsp3) is 0.0667. The molecule has 0 aliphatic carbocycles. The summed E-state index contributed by atoms with van der Waals surface area (Å²) in [5.74, 6) is -0.456. The van der Waals surface area contributed by atoms with Crippen LogP contribution in [0.5, 0.6) is 5.75 Å². The van der Waals surface area contributed by atoms with Gasteiger partial charge in [0, 0.05) is 18.7 Å². The third kappa shape index (κ3) is 3.56. The van der Waals surface area contributed by atoms with Crippen molar-refractivity contribution in [3.8, 4) is 16.9 Å². The molecule has 2 rings (SSSR count). The number of carbonyl (C=O) groups excluding carboxylic acids is 1. The molecule has 0 spiro atoms. The summed E-state index contributed by atoms with van der Waals surface area (Å²) in [5, 5.41) is 3.06. The van der Waals surface area contributed by atoms with Gasteiger partial charge in [-0.25, -0.2) is 10.5 Å². The van der Waals surface area contributed by atoms with Crippen molar-refractivity contribution in [2.45, 2.75) is 6.92 Å². The van der Waals surface area contributed by atoms with Crippen molar-refractivity contribution < 1.29 is 13.9 Å². The lowest BCUT2D eigenvalue weighted by Crippen LogP contribution is -1.95. The number of carbonyl (C=O) groups is 1. The third-order valence-electron chi connectivity index (χ3n) is 2.71. The van der Waals surface area contributed by atoms with Crippen molar-refractivity contribution in [3.63, 3.8) is 0 Å². The van der Waals surface area contributed by atoms with Crippen LogP contribution in [0.3, 0.4) is 0 Å². The molecule has 0 aliphatic rings. The van der Waals surface area contributed by atoms with Crippen molar-refractivity contribution >= 4 is 5.78 Å². The first-order chi connectivity index (χ1) is 10.1. The summed E-state index contributed by atoms with van der Waals surface area (Å²) < 4.78 is 18.8. The Morgan fingerprint density at radius 3 is 2.62 bits per heavy atom. The van der Waals surface area contributed by atoms with Gasteiger partial charge in [-0.05, 0) is 29.8 Å². The molecule has 1 heterocycles. The summed E-state index contributed by atoms with van der Waals surface area (Å²) in [7, 11) is 0. The topological polar surface area (TPSA) is 75.4 Å². The van der Waals surface area contributed by atoms with E-state index in [0.29, 0.717) is 16.9 Å².